The van der Waals surface area contributed by atoms with Crippen molar-refractivity contribution in [3.63, 3.8) is 0 Å². The molecule has 1 amide bonds. The third kappa shape index (κ3) is 5.48. The van der Waals surface area contributed by atoms with E-state index in [9.17, 15) is 19.5 Å². The second-order valence-corrected chi connectivity index (χ2v) is 19.9. The molecule has 7 nitrogen and oxygen atoms in total. The number of aliphatic carboxylic acids is 1. The topological polar surface area (TPSA) is 93.1 Å². The first-order valence-electron chi connectivity index (χ1n) is 19.6. The van der Waals surface area contributed by atoms with Crippen molar-refractivity contribution in [3.8, 4) is 0 Å². The van der Waals surface area contributed by atoms with Crippen LogP contribution in [0.2, 0.25) is 0 Å². The molecule has 0 spiro atoms. The second kappa shape index (κ2) is 12.3. The van der Waals surface area contributed by atoms with Crippen LogP contribution >= 0.6 is 0 Å². The van der Waals surface area contributed by atoms with E-state index in [2.05, 4.69) is 53.4 Å². The molecule has 1 heterocycles. The molecule has 1 aliphatic heterocycles. The minimum absolute atomic E-state index is 0.102. The fourth-order valence-electron chi connectivity index (χ4n) is 13.9. The van der Waals surface area contributed by atoms with Gasteiger partial charge in [0.25, 0.3) is 0 Å². The van der Waals surface area contributed by atoms with E-state index >= 15 is 0 Å². The van der Waals surface area contributed by atoms with E-state index in [4.69, 9.17) is 9.47 Å². The van der Waals surface area contributed by atoms with Crippen LogP contribution in [0.25, 0.3) is 0 Å². The van der Waals surface area contributed by atoms with Gasteiger partial charge in [0.05, 0.1) is 25.0 Å². The van der Waals surface area contributed by atoms with Crippen molar-refractivity contribution in [3.05, 3.63) is 0 Å². The first-order chi connectivity index (χ1) is 22.3. The van der Waals surface area contributed by atoms with E-state index in [1.807, 2.05) is 0 Å². The van der Waals surface area contributed by atoms with E-state index in [0.717, 1.165) is 38.8 Å². The maximum Gasteiger partial charge on any atom is 0.309 e. The lowest BCUT2D eigenvalue weighted by Gasteiger charge is -2.73. The highest BCUT2D eigenvalue weighted by Gasteiger charge is 2.71. The zero-order chi connectivity index (χ0) is 35.1. The van der Waals surface area contributed by atoms with Gasteiger partial charge in [-0.25, -0.2) is 0 Å². The number of ether oxygens (including phenoxy) is 2. The predicted molar refractivity (Wildman–Crippen MR) is 187 cm³/mol. The smallest absolute Gasteiger partial charge is 0.309 e. The molecule has 48 heavy (non-hydrogen) atoms. The summed E-state index contributed by atoms with van der Waals surface area (Å²) in [6.07, 6.45) is 12.1. The summed E-state index contributed by atoms with van der Waals surface area (Å²) in [5.41, 5.74) is -0.527. The number of fused-ring (bicyclic) bond motifs is 7. The molecule has 6 rings (SSSR count). The van der Waals surface area contributed by atoms with E-state index < -0.39 is 11.4 Å². The molecular formula is C41H67NO6. The average Bonchev–Trinajstić information content (AvgIpc) is 3.39. The summed E-state index contributed by atoms with van der Waals surface area (Å²) in [6, 6.07) is 0. The highest BCUT2D eigenvalue weighted by molar-refractivity contribution is 5.81. The summed E-state index contributed by atoms with van der Waals surface area (Å²) in [5, 5.41) is 9.59. The quantitative estimate of drug-likeness (QED) is 0.274. The number of amides is 1. The van der Waals surface area contributed by atoms with Crippen LogP contribution in [0.15, 0.2) is 0 Å². The van der Waals surface area contributed by atoms with E-state index in [0.29, 0.717) is 54.6 Å². The molecule has 5 saturated carbocycles. The van der Waals surface area contributed by atoms with Gasteiger partial charge in [0.2, 0.25) is 5.91 Å². The maximum absolute atomic E-state index is 13.9. The molecule has 272 valence electrons. The van der Waals surface area contributed by atoms with Gasteiger partial charge in [-0.1, -0.05) is 48.5 Å². The van der Waals surface area contributed by atoms with Crippen LogP contribution in [0.3, 0.4) is 0 Å². The SMILES string of the molecule is CC(C)[C@@H]1CC[C@]2(CC(=O)N3CCOCC3)CC[C@]3(C)[C@H](CC[C@@H]4[C@@]5(C)CC[C@H](OC(=O)CC(C)(C)C(=O)O)C(C)(C)[C@@H]5CC[C@]43C)[C@@H]12. The van der Waals surface area contributed by atoms with Crippen LogP contribution in [-0.4, -0.2) is 60.3 Å². The van der Waals surface area contributed by atoms with Crippen LogP contribution in [0, 0.1) is 68.0 Å². The monoisotopic (exact) mass is 669 g/mol. The molecule has 6 fully saturated rings. The highest BCUT2D eigenvalue weighted by Crippen LogP contribution is 2.78. The van der Waals surface area contributed by atoms with Gasteiger partial charge in [-0.05, 0) is 135 Å². The Kier molecular flexibility index (Phi) is 9.24. The van der Waals surface area contributed by atoms with Crippen LogP contribution in [0.5, 0.6) is 0 Å². The van der Waals surface area contributed by atoms with E-state index in [1.54, 1.807) is 13.8 Å². The summed E-state index contributed by atoms with van der Waals surface area (Å²) < 4.78 is 11.8. The van der Waals surface area contributed by atoms with Gasteiger partial charge in [-0.3, -0.25) is 14.4 Å². The first-order valence-corrected chi connectivity index (χ1v) is 19.6. The first kappa shape index (κ1) is 36.2. The minimum atomic E-state index is -1.13. The Morgan fingerprint density at radius 2 is 1.54 bits per heavy atom. The molecule has 0 aromatic heterocycles. The standard InChI is InChI=1S/C41H67NO6/c1-26(2)27-12-17-41(24-32(43)42-20-22-47-23-21-42)19-18-39(8)28(34(27)41)10-11-30-38(7)15-14-31(48-33(44)25-36(3,4)35(45)46)37(5,6)29(38)13-16-40(30,39)9/h26-31,34H,10-25H2,1-9H3,(H,45,46)/t27-,28+,29-,30+,31-,34+,38-,39+,40+,41+/m0/s1. The third-order valence-electron chi connectivity index (χ3n) is 16.8. The summed E-state index contributed by atoms with van der Waals surface area (Å²) in [5.74, 6) is 2.69. The summed E-state index contributed by atoms with van der Waals surface area (Å²) in [6.45, 7) is 23.5. The van der Waals surface area contributed by atoms with Crippen LogP contribution in [0.4, 0.5) is 0 Å². The third-order valence-corrected chi connectivity index (χ3v) is 16.8. The molecule has 0 aromatic rings. The Morgan fingerprint density at radius 3 is 2.19 bits per heavy atom. The van der Waals surface area contributed by atoms with Crippen LogP contribution in [0.1, 0.15) is 139 Å². The maximum atomic E-state index is 13.9. The summed E-state index contributed by atoms with van der Waals surface area (Å²) in [4.78, 5) is 40.7. The van der Waals surface area contributed by atoms with Gasteiger partial charge in [0.1, 0.15) is 6.10 Å². The number of rotatable bonds is 7. The number of hydrogen-bond acceptors (Lipinski definition) is 5. The number of esters is 1. The number of nitrogens with zero attached hydrogens (tertiary/aromatic N) is 1. The Morgan fingerprint density at radius 1 is 0.854 bits per heavy atom. The predicted octanol–water partition coefficient (Wildman–Crippen LogP) is 8.39. The highest BCUT2D eigenvalue weighted by atomic mass is 16.5. The Balaban J connectivity index is 1.25. The lowest BCUT2D eigenvalue weighted by molar-refractivity contribution is -0.252. The van der Waals surface area contributed by atoms with Crippen molar-refractivity contribution in [2.24, 2.45) is 68.0 Å². The second-order valence-electron chi connectivity index (χ2n) is 19.9. The Labute approximate surface area is 291 Å². The summed E-state index contributed by atoms with van der Waals surface area (Å²) in [7, 11) is 0. The van der Waals surface area contributed by atoms with Gasteiger partial charge >= 0.3 is 11.9 Å². The number of carboxylic acid groups (broad SMARTS) is 1. The largest absolute Gasteiger partial charge is 0.481 e. The van der Waals surface area contributed by atoms with Crippen molar-refractivity contribution < 1.29 is 29.0 Å². The molecule has 0 radical (unpaired) electrons. The molecule has 0 bridgehead atoms. The van der Waals surface area contributed by atoms with Crippen molar-refractivity contribution >= 4 is 17.8 Å². The number of carboxylic acids is 1. The Bertz CT molecular complexity index is 1270. The fourth-order valence-corrected chi connectivity index (χ4v) is 13.9. The number of carbonyl (C=O) groups is 3. The lowest BCUT2D eigenvalue weighted by Crippen LogP contribution is -2.67. The van der Waals surface area contributed by atoms with Gasteiger partial charge in [-0.15, -0.1) is 0 Å². The van der Waals surface area contributed by atoms with E-state index in [-0.39, 0.29) is 45.6 Å². The molecule has 1 saturated heterocycles. The molecule has 1 N–H and O–H groups in total. The van der Waals surface area contributed by atoms with E-state index in [1.165, 1.54) is 44.9 Å². The number of morpholine rings is 1. The molecule has 0 unspecified atom stereocenters. The molecule has 7 heteroatoms. The van der Waals surface area contributed by atoms with Crippen molar-refractivity contribution in [2.45, 2.75) is 145 Å². The normalized spacial score (nSPS) is 43.8. The van der Waals surface area contributed by atoms with Crippen molar-refractivity contribution in [1.29, 1.82) is 0 Å². The van der Waals surface area contributed by atoms with Gasteiger partial charge < -0.3 is 19.5 Å². The molecular weight excluding hydrogens is 602 g/mol. The van der Waals surface area contributed by atoms with Gasteiger partial charge in [0, 0.05) is 24.9 Å². The number of hydrogen-bond donors (Lipinski definition) is 1. The number of carbonyl (C=O) groups excluding carboxylic acids is 2. The van der Waals surface area contributed by atoms with Crippen molar-refractivity contribution in [2.75, 3.05) is 26.3 Å². The lowest BCUT2D eigenvalue weighted by atomic mass is 9.32. The van der Waals surface area contributed by atoms with Crippen molar-refractivity contribution in [1.82, 2.24) is 4.90 Å². The van der Waals surface area contributed by atoms with Crippen LogP contribution < -0.4 is 0 Å². The molecule has 10 atom stereocenters. The molecule has 0 aromatic carbocycles. The fraction of sp³-hybridized carbons (Fsp3) is 0.927. The summed E-state index contributed by atoms with van der Waals surface area (Å²) >= 11 is 0. The van der Waals surface area contributed by atoms with Crippen LogP contribution in [-0.2, 0) is 23.9 Å². The zero-order valence-electron chi connectivity index (χ0n) is 31.8. The molecule has 6 aliphatic rings. The van der Waals surface area contributed by atoms with Gasteiger partial charge in [0.15, 0.2) is 0 Å². The van der Waals surface area contributed by atoms with Gasteiger partial charge in [-0.2, -0.15) is 0 Å². The Hall–Kier alpha value is -1.63. The minimum Gasteiger partial charge on any atom is -0.481 e. The average molecular weight is 670 g/mol. The zero-order valence-corrected chi connectivity index (χ0v) is 31.8. The molecule has 5 aliphatic carbocycles.